The summed E-state index contributed by atoms with van der Waals surface area (Å²) in [7, 11) is 0. The fourth-order valence-electron chi connectivity index (χ4n) is 2.70. The molecule has 3 rings (SSSR count). The molecule has 1 aliphatic heterocycles. The average Bonchev–Trinajstić information content (AvgIpc) is 2.96. The number of anilines is 1. The Morgan fingerprint density at radius 3 is 2.61 bits per heavy atom. The van der Waals surface area contributed by atoms with Gasteiger partial charge in [-0.1, -0.05) is 42.5 Å². The van der Waals surface area contributed by atoms with E-state index in [-0.39, 0.29) is 13.0 Å². The third kappa shape index (κ3) is 3.51. The highest BCUT2D eigenvalue weighted by Gasteiger charge is 2.26. The Hall–Kier alpha value is -2.82. The molecule has 1 N–H and O–H groups in total. The van der Waals surface area contributed by atoms with Crippen molar-refractivity contribution < 1.29 is 19.4 Å². The van der Waals surface area contributed by atoms with Crippen molar-refractivity contribution in [3.05, 3.63) is 65.2 Å². The second kappa shape index (κ2) is 6.52. The van der Waals surface area contributed by atoms with Crippen LogP contribution in [0.15, 0.2) is 48.5 Å². The zero-order valence-electron chi connectivity index (χ0n) is 12.6. The summed E-state index contributed by atoms with van der Waals surface area (Å²) in [6.07, 6.45) is 0.295. The van der Waals surface area contributed by atoms with Gasteiger partial charge < -0.3 is 9.84 Å². The van der Waals surface area contributed by atoms with Crippen LogP contribution >= 0.6 is 0 Å². The topological polar surface area (TPSA) is 66.8 Å². The molecular formula is C18H17NO4. The molecule has 2 aromatic carbocycles. The number of amides is 1. The molecule has 0 aromatic heterocycles. The van der Waals surface area contributed by atoms with Crippen LogP contribution in [0.5, 0.6) is 0 Å². The van der Waals surface area contributed by atoms with E-state index in [1.165, 1.54) is 0 Å². The van der Waals surface area contributed by atoms with Gasteiger partial charge in [0.25, 0.3) is 0 Å². The van der Waals surface area contributed by atoms with Crippen LogP contribution in [0, 0.1) is 0 Å². The molecule has 5 heteroatoms. The number of hydrogen-bond acceptors (Lipinski definition) is 3. The lowest BCUT2D eigenvalue weighted by atomic mass is 10.1. The van der Waals surface area contributed by atoms with Crippen LogP contribution in [0.3, 0.4) is 0 Å². The number of carboxylic acid groups (broad SMARTS) is 1. The number of carbonyl (C=O) groups is 2. The van der Waals surface area contributed by atoms with Gasteiger partial charge in [-0.2, -0.15) is 0 Å². The van der Waals surface area contributed by atoms with E-state index in [1.54, 1.807) is 17.0 Å². The number of carbonyl (C=O) groups excluding carboxylic acids is 1. The monoisotopic (exact) mass is 311 g/mol. The van der Waals surface area contributed by atoms with E-state index in [0.717, 1.165) is 23.2 Å². The highest BCUT2D eigenvalue weighted by molar-refractivity contribution is 5.90. The minimum absolute atomic E-state index is 0.0554. The molecule has 0 fully saturated rings. The molecule has 0 spiro atoms. The number of carboxylic acids is 1. The van der Waals surface area contributed by atoms with Gasteiger partial charge >= 0.3 is 12.1 Å². The van der Waals surface area contributed by atoms with Crippen molar-refractivity contribution in [3.63, 3.8) is 0 Å². The predicted octanol–water partition coefficient (Wildman–Crippen LogP) is 3.01. The Morgan fingerprint density at radius 1 is 1.09 bits per heavy atom. The first-order chi connectivity index (χ1) is 11.1. The van der Waals surface area contributed by atoms with Crippen LogP contribution < -0.4 is 4.90 Å². The molecule has 0 atom stereocenters. The third-order valence-electron chi connectivity index (χ3n) is 3.83. The molecule has 118 valence electrons. The molecule has 1 heterocycles. The standard InChI is InChI=1S/C18H17NO4/c20-17(21)11-14-6-7-15-8-9-19(16(15)10-14)18(22)23-12-13-4-2-1-3-5-13/h1-7,10H,8-9,11-12H2,(H,20,21). The number of aliphatic carboxylic acids is 1. The Bertz CT molecular complexity index is 727. The summed E-state index contributed by atoms with van der Waals surface area (Å²) in [4.78, 5) is 24.7. The van der Waals surface area contributed by atoms with E-state index in [4.69, 9.17) is 9.84 Å². The fraction of sp³-hybridized carbons (Fsp3) is 0.222. The largest absolute Gasteiger partial charge is 0.481 e. The highest BCUT2D eigenvalue weighted by Crippen LogP contribution is 2.30. The second-order valence-corrected chi connectivity index (χ2v) is 5.48. The summed E-state index contributed by atoms with van der Waals surface area (Å²) in [5.74, 6) is -0.888. The number of fused-ring (bicyclic) bond motifs is 1. The highest BCUT2D eigenvalue weighted by atomic mass is 16.6. The van der Waals surface area contributed by atoms with Crippen LogP contribution in [-0.2, 0) is 29.0 Å². The first kappa shape index (κ1) is 15.1. The Kier molecular flexibility index (Phi) is 4.28. The normalized spacial score (nSPS) is 12.8. The van der Waals surface area contributed by atoms with Gasteiger partial charge in [-0.25, -0.2) is 4.79 Å². The van der Waals surface area contributed by atoms with Crippen molar-refractivity contribution in [2.75, 3.05) is 11.4 Å². The van der Waals surface area contributed by atoms with Gasteiger partial charge in [0.05, 0.1) is 12.1 Å². The first-order valence-corrected chi connectivity index (χ1v) is 7.45. The molecule has 0 saturated carbocycles. The number of hydrogen-bond donors (Lipinski definition) is 1. The van der Waals surface area contributed by atoms with Gasteiger partial charge in [0.2, 0.25) is 0 Å². The molecule has 0 radical (unpaired) electrons. The second-order valence-electron chi connectivity index (χ2n) is 5.48. The molecule has 5 nitrogen and oxygen atoms in total. The van der Waals surface area contributed by atoms with Crippen molar-refractivity contribution in [1.82, 2.24) is 0 Å². The van der Waals surface area contributed by atoms with E-state index in [0.29, 0.717) is 12.1 Å². The predicted molar refractivity (Wildman–Crippen MR) is 85.5 cm³/mol. The molecule has 0 saturated heterocycles. The number of ether oxygens (including phenoxy) is 1. The zero-order valence-corrected chi connectivity index (χ0v) is 12.6. The van der Waals surface area contributed by atoms with E-state index >= 15 is 0 Å². The molecule has 0 unspecified atom stereocenters. The minimum atomic E-state index is -0.888. The molecule has 1 aliphatic rings. The molecule has 1 amide bonds. The Labute approximate surface area is 134 Å². The van der Waals surface area contributed by atoms with E-state index in [9.17, 15) is 9.59 Å². The van der Waals surface area contributed by atoms with Gasteiger partial charge in [0.1, 0.15) is 6.61 Å². The van der Waals surface area contributed by atoms with Crippen LogP contribution in [-0.4, -0.2) is 23.7 Å². The number of rotatable bonds is 4. The third-order valence-corrected chi connectivity index (χ3v) is 3.83. The summed E-state index contributed by atoms with van der Waals surface area (Å²) >= 11 is 0. The van der Waals surface area contributed by atoms with Crippen molar-refractivity contribution >= 4 is 17.7 Å². The van der Waals surface area contributed by atoms with Crippen molar-refractivity contribution in [1.29, 1.82) is 0 Å². The van der Waals surface area contributed by atoms with E-state index in [1.807, 2.05) is 36.4 Å². The summed E-state index contributed by atoms with van der Waals surface area (Å²) < 4.78 is 5.36. The van der Waals surface area contributed by atoms with Gasteiger partial charge in [-0.05, 0) is 29.2 Å². The number of benzene rings is 2. The first-order valence-electron chi connectivity index (χ1n) is 7.45. The molecule has 2 aromatic rings. The summed E-state index contributed by atoms with van der Waals surface area (Å²) in [6, 6.07) is 14.9. The maximum Gasteiger partial charge on any atom is 0.414 e. The summed E-state index contributed by atoms with van der Waals surface area (Å²) in [6.45, 7) is 0.778. The Balaban J connectivity index is 1.70. The van der Waals surface area contributed by atoms with Gasteiger partial charge in [-0.3, -0.25) is 9.69 Å². The van der Waals surface area contributed by atoms with Crippen LogP contribution in [0.1, 0.15) is 16.7 Å². The van der Waals surface area contributed by atoms with Gasteiger partial charge in [-0.15, -0.1) is 0 Å². The molecule has 0 aliphatic carbocycles. The van der Waals surface area contributed by atoms with Crippen molar-refractivity contribution in [2.45, 2.75) is 19.4 Å². The van der Waals surface area contributed by atoms with Crippen molar-refractivity contribution in [2.24, 2.45) is 0 Å². The Morgan fingerprint density at radius 2 is 1.87 bits per heavy atom. The lowest BCUT2D eigenvalue weighted by Crippen LogP contribution is -2.29. The SMILES string of the molecule is O=C(O)Cc1ccc2c(c1)N(C(=O)OCc1ccccc1)CC2. The summed E-state index contributed by atoms with van der Waals surface area (Å²) in [5.41, 5.74) is 3.40. The molecule has 0 bridgehead atoms. The molecular weight excluding hydrogens is 294 g/mol. The van der Waals surface area contributed by atoms with Crippen LogP contribution in [0.4, 0.5) is 10.5 Å². The lowest BCUT2D eigenvalue weighted by molar-refractivity contribution is -0.136. The maximum atomic E-state index is 12.3. The van der Waals surface area contributed by atoms with E-state index < -0.39 is 12.1 Å². The quantitative estimate of drug-likeness (QED) is 0.942. The van der Waals surface area contributed by atoms with E-state index in [2.05, 4.69) is 0 Å². The fourth-order valence-corrected chi connectivity index (χ4v) is 2.70. The lowest BCUT2D eigenvalue weighted by Gasteiger charge is -2.17. The van der Waals surface area contributed by atoms with Gasteiger partial charge in [0.15, 0.2) is 0 Å². The summed E-state index contributed by atoms with van der Waals surface area (Å²) in [5, 5.41) is 8.90. The average molecular weight is 311 g/mol. The van der Waals surface area contributed by atoms with Crippen LogP contribution in [0.25, 0.3) is 0 Å². The van der Waals surface area contributed by atoms with Gasteiger partial charge in [0, 0.05) is 6.54 Å². The zero-order chi connectivity index (χ0) is 16.2. The molecule has 23 heavy (non-hydrogen) atoms. The number of nitrogens with zero attached hydrogens (tertiary/aromatic N) is 1. The van der Waals surface area contributed by atoms with Crippen LogP contribution in [0.2, 0.25) is 0 Å². The minimum Gasteiger partial charge on any atom is -0.481 e. The smallest absolute Gasteiger partial charge is 0.414 e. The maximum absolute atomic E-state index is 12.3. The van der Waals surface area contributed by atoms with Crippen molar-refractivity contribution in [3.8, 4) is 0 Å².